The number of carbonyl (C=O) groups excluding carboxylic acids is 1. The molecule has 0 spiro atoms. The smallest absolute Gasteiger partial charge is 0.273 e. The van der Waals surface area contributed by atoms with Crippen molar-refractivity contribution < 1.29 is 18.3 Å². The van der Waals surface area contributed by atoms with Gasteiger partial charge in [0.05, 0.1) is 5.02 Å². The van der Waals surface area contributed by atoms with Crippen LogP contribution in [-0.2, 0) is 5.92 Å². The Hall–Kier alpha value is -2.66. The van der Waals surface area contributed by atoms with E-state index in [1.165, 1.54) is 25.1 Å². The van der Waals surface area contributed by atoms with Gasteiger partial charge in [-0.15, -0.1) is 0 Å². The number of hydrogen-bond donors (Lipinski definition) is 1. The van der Waals surface area contributed by atoms with E-state index in [1.54, 1.807) is 30.3 Å². The highest BCUT2D eigenvalue weighted by Crippen LogP contribution is 2.38. The standard InChI is InChI=1S/C23H22ClF2NO2/c1-4-23(25,26)17-9-11-21(19(24)13-17)29-20-7-5-6-15-12-16(8-10-18(15)20)22(28)27-14(2)3/h5-14H,4H2,1-3H3,(H,27,28). The summed E-state index contributed by atoms with van der Waals surface area (Å²) in [7, 11) is 0. The highest BCUT2D eigenvalue weighted by Gasteiger charge is 2.29. The minimum Gasteiger partial charge on any atom is -0.455 e. The van der Waals surface area contributed by atoms with Crippen LogP contribution in [0.25, 0.3) is 10.8 Å². The number of rotatable bonds is 6. The van der Waals surface area contributed by atoms with Crippen LogP contribution in [0.1, 0.15) is 43.1 Å². The molecule has 0 aromatic heterocycles. The average Bonchev–Trinajstić information content (AvgIpc) is 2.68. The number of nitrogens with one attached hydrogen (secondary N) is 1. The van der Waals surface area contributed by atoms with Gasteiger partial charge >= 0.3 is 0 Å². The molecule has 0 heterocycles. The molecule has 3 aromatic carbocycles. The first kappa shape index (κ1) is 21.1. The molecule has 0 atom stereocenters. The van der Waals surface area contributed by atoms with Crippen molar-refractivity contribution in [2.24, 2.45) is 0 Å². The normalized spacial score (nSPS) is 11.7. The summed E-state index contributed by atoms with van der Waals surface area (Å²) in [6.45, 7) is 5.22. The lowest BCUT2D eigenvalue weighted by Crippen LogP contribution is -2.29. The summed E-state index contributed by atoms with van der Waals surface area (Å²) < 4.78 is 33.7. The summed E-state index contributed by atoms with van der Waals surface area (Å²) in [5.74, 6) is -2.27. The first-order valence-corrected chi connectivity index (χ1v) is 9.78. The molecule has 1 N–H and O–H groups in total. The first-order chi connectivity index (χ1) is 13.7. The third kappa shape index (κ3) is 4.67. The van der Waals surface area contributed by atoms with Crippen LogP contribution in [0, 0.1) is 0 Å². The highest BCUT2D eigenvalue weighted by molar-refractivity contribution is 6.32. The average molecular weight is 418 g/mol. The minimum atomic E-state index is -2.94. The molecule has 29 heavy (non-hydrogen) atoms. The lowest BCUT2D eigenvalue weighted by molar-refractivity contribution is -0.00830. The van der Waals surface area contributed by atoms with Gasteiger partial charge in [0.2, 0.25) is 0 Å². The zero-order valence-corrected chi connectivity index (χ0v) is 17.2. The van der Waals surface area contributed by atoms with E-state index >= 15 is 0 Å². The van der Waals surface area contributed by atoms with Crippen LogP contribution in [0.15, 0.2) is 54.6 Å². The molecular formula is C23H22ClF2NO2. The van der Waals surface area contributed by atoms with E-state index in [0.29, 0.717) is 11.3 Å². The van der Waals surface area contributed by atoms with Gasteiger partial charge in [0.25, 0.3) is 11.8 Å². The first-order valence-electron chi connectivity index (χ1n) is 9.40. The molecular weight excluding hydrogens is 396 g/mol. The number of amides is 1. The summed E-state index contributed by atoms with van der Waals surface area (Å²) >= 11 is 6.20. The van der Waals surface area contributed by atoms with E-state index in [2.05, 4.69) is 5.32 Å². The molecule has 3 rings (SSSR count). The predicted molar refractivity (Wildman–Crippen MR) is 112 cm³/mol. The van der Waals surface area contributed by atoms with Crippen LogP contribution in [0.3, 0.4) is 0 Å². The van der Waals surface area contributed by atoms with Crippen molar-refractivity contribution in [1.29, 1.82) is 0 Å². The molecule has 0 saturated carbocycles. The van der Waals surface area contributed by atoms with Gasteiger partial charge in [-0.05, 0) is 61.7 Å². The Morgan fingerprint density at radius 3 is 2.52 bits per heavy atom. The van der Waals surface area contributed by atoms with Gasteiger partial charge in [0.15, 0.2) is 0 Å². The Morgan fingerprint density at radius 1 is 1.10 bits per heavy atom. The SMILES string of the molecule is CCC(F)(F)c1ccc(Oc2cccc3cc(C(=O)NC(C)C)ccc23)c(Cl)c1. The maximum Gasteiger partial charge on any atom is 0.273 e. The van der Waals surface area contributed by atoms with Crippen molar-refractivity contribution in [3.05, 3.63) is 70.7 Å². The molecule has 0 radical (unpaired) electrons. The van der Waals surface area contributed by atoms with Crippen molar-refractivity contribution >= 4 is 28.3 Å². The molecule has 0 aliphatic carbocycles. The Labute approximate surface area is 173 Å². The number of alkyl halides is 2. The van der Waals surface area contributed by atoms with Crippen molar-refractivity contribution in [1.82, 2.24) is 5.32 Å². The second-order valence-electron chi connectivity index (χ2n) is 7.13. The van der Waals surface area contributed by atoms with Gasteiger partial charge in [-0.2, -0.15) is 0 Å². The fourth-order valence-electron chi connectivity index (χ4n) is 2.96. The van der Waals surface area contributed by atoms with E-state index in [0.717, 1.165) is 10.8 Å². The molecule has 0 saturated heterocycles. The van der Waals surface area contributed by atoms with Crippen molar-refractivity contribution in [2.45, 2.75) is 39.2 Å². The summed E-state index contributed by atoms with van der Waals surface area (Å²) in [6, 6.07) is 14.8. The number of ether oxygens (including phenoxy) is 1. The van der Waals surface area contributed by atoms with Crippen LogP contribution >= 0.6 is 11.6 Å². The van der Waals surface area contributed by atoms with E-state index in [1.807, 2.05) is 19.9 Å². The van der Waals surface area contributed by atoms with Crippen LogP contribution in [0.2, 0.25) is 5.02 Å². The zero-order chi connectivity index (χ0) is 21.2. The fourth-order valence-corrected chi connectivity index (χ4v) is 3.18. The molecule has 1 amide bonds. The number of hydrogen-bond acceptors (Lipinski definition) is 2. The second-order valence-corrected chi connectivity index (χ2v) is 7.53. The monoisotopic (exact) mass is 417 g/mol. The lowest BCUT2D eigenvalue weighted by atomic mass is 10.1. The zero-order valence-electron chi connectivity index (χ0n) is 16.4. The highest BCUT2D eigenvalue weighted by atomic mass is 35.5. The largest absolute Gasteiger partial charge is 0.455 e. The molecule has 0 aliphatic heterocycles. The lowest BCUT2D eigenvalue weighted by Gasteiger charge is -2.16. The van der Waals surface area contributed by atoms with Crippen molar-refractivity contribution in [3.8, 4) is 11.5 Å². The second kappa shape index (κ2) is 8.37. The molecule has 3 aromatic rings. The van der Waals surface area contributed by atoms with E-state index in [4.69, 9.17) is 16.3 Å². The molecule has 0 bridgehead atoms. The minimum absolute atomic E-state index is 0.0399. The van der Waals surface area contributed by atoms with Crippen LogP contribution in [-0.4, -0.2) is 11.9 Å². The van der Waals surface area contributed by atoms with Crippen molar-refractivity contribution in [2.75, 3.05) is 0 Å². The third-order valence-electron chi connectivity index (χ3n) is 4.54. The maximum absolute atomic E-state index is 13.9. The number of benzene rings is 3. The summed E-state index contributed by atoms with van der Waals surface area (Å²) in [4.78, 5) is 12.2. The Kier molecular flexibility index (Phi) is 6.08. The Morgan fingerprint density at radius 2 is 1.86 bits per heavy atom. The fraction of sp³-hybridized carbons (Fsp3) is 0.261. The molecule has 0 unspecified atom stereocenters. The van der Waals surface area contributed by atoms with Gasteiger partial charge < -0.3 is 10.1 Å². The quantitative estimate of drug-likeness (QED) is 0.472. The molecule has 152 valence electrons. The van der Waals surface area contributed by atoms with E-state index < -0.39 is 5.92 Å². The molecule has 3 nitrogen and oxygen atoms in total. The Bertz CT molecular complexity index is 1050. The van der Waals surface area contributed by atoms with Gasteiger partial charge in [0, 0.05) is 29.0 Å². The van der Waals surface area contributed by atoms with Gasteiger partial charge in [-0.1, -0.05) is 30.7 Å². The van der Waals surface area contributed by atoms with Crippen molar-refractivity contribution in [3.63, 3.8) is 0 Å². The van der Waals surface area contributed by atoms with Crippen LogP contribution < -0.4 is 10.1 Å². The number of fused-ring (bicyclic) bond motifs is 1. The van der Waals surface area contributed by atoms with E-state index in [9.17, 15) is 13.6 Å². The van der Waals surface area contributed by atoms with Gasteiger partial charge in [-0.3, -0.25) is 4.79 Å². The van der Waals surface area contributed by atoms with Gasteiger partial charge in [-0.25, -0.2) is 8.78 Å². The summed E-state index contributed by atoms with van der Waals surface area (Å²) in [5.41, 5.74) is 0.406. The maximum atomic E-state index is 13.9. The topological polar surface area (TPSA) is 38.3 Å². The third-order valence-corrected chi connectivity index (χ3v) is 4.84. The Balaban J connectivity index is 1.92. The van der Waals surface area contributed by atoms with E-state index in [-0.39, 0.29) is 34.7 Å². The van der Waals surface area contributed by atoms with Gasteiger partial charge in [0.1, 0.15) is 11.5 Å². The summed E-state index contributed by atoms with van der Waals surface area (Å²) in [6.07, 6.45) is -0.306. The number of carbonyl (C=O) groups is 1. The predicted octanol–water partition coefficient (Wildman–Crippen LogP) is 6.93. The van der Waals surface area contributed by atoms with Crippen LogP contribution in [0.5, 0.6) is 11.5 Å². The molecule has 6 heteroatoms. The number of halogens is 3. The molecule has 0 fully saturated rings. The molecule has 0 aliphatic rings. The summed E-state index contributed by atoms with van der Waals surface area (Å²) in [5, 5.41) is 4.58. The van der Waals surface area contributed by atoms with Crippen LogP contribution in [0.4, 0.5) is 8.78 Å².